The number of carbonyl (C=O) groups excluding carboxylic acids is 2. The number of benzene rings is 2. The third kappa shape index (κ3) is 5.39. The van der Waals surface area contributed by atoms with Crippen molar-refractivity contribution in [3.05, 3.63) is 59.8 Å². The van der Waals surface area contributed by atoms with E-state index in [-0.39, 0.29) is 35.0 Å². The number of anilines is 1. The predicted molar refractivity (Wildman–Crippen MR) is 119 cm³/mol. The lowest BCUT2D eigenvalue weighted by Crippen LogP contribution is -2.32. The maximum atomic E-state index is 12.6. The Labute approximate surface area is 197 Å². The molecule has 0 saturated heterocycles. The van der Waals surface area contributed by atoms with Gasteiger partial charge in [0.15, 0.2) is 0 Å². The number of phenolic OH excluding ortho intramolecular Hbond substituents is 1. The van der Waals surface area contributed by atoms with Gasteiger partial charge in [-0.15, -0.1) is 13.2 Å². The zero-order chi connectivity index (χ0) is 24.7. The maximum absolute atomic E-state index is 12.6. The molecule has 2 fully saturated rings. The van der Waals surface area contributed by atoms with Crippen molar-refractivity contribution in [1.29, 1.82) is 0 Å². The molecule has 2 amide bonds. The van der Waals surface area contributed by atoms with Crippen molar-refractivity contribution < 1.29 is 32.6 Å². The largest absolute Gasteiger partial charge is 0.573 e. The highest BCUT2D eigenvalue weighted by Crippen LogP contribution is 2.42. The number of rotatable bonds is 6. The van der Waals surface area contributed by atoms with Gasteiger partial charge in [0.25, 0.3) is 5.91 Å². The molecule has 11 heteroatoms. The molecule has 2 aromatic carbocycles. The van der Waals surface area contributed by atoms with Crippen LogP contribution in [0.1, 0.15) is 47.7 Å². The fraction of sp³-hybridized carbons (Fsp3) is 0.292. The average Bonchev–Trinajstić information content (AvgIpc) is 3.73. The van der Waals surface area contributed by atoms with Crippen LogP contribution < -0.4 is 15.4 Å². The van der Waals surface area contributed by atoms with Crippen LogP contribution in [0.15, 0.2) is 48.5 Å². The van der Waals surface area contributed by atoms with Crippen molar-refractivity contribution in [2.24, 2.45) is 0 Å². The lowest BCUT2D eigenvalue weighted by molar-refractivity contribution is -0.274. The Morgan fingerprint density at radius 2 is 1.74 bits per heavy atom. The van der Waals surface area contributed by atoms with E-state index in [9.17, 15) is 27.9 Å². The zero-order valence-corrected chi connectivity index (χ0v) is 18.3. The summed E-state index contributed by atoms with van der Waals surface area (Å²) in [5.41, 5.74) is 2.02. The number of halogens is 3. The molecule has 0 atom stereocenters. The summed E-state index contributed by atoms with van der Waals surface area (Å²) >= 11 is 0. The number of nitrogens with one attached hydrogen (secondary N) is 2. The van der Waals surface area contributed by atoms with Gasteiger partial charge in [0.05, 0.1) is 11.4 Å². The summed E-state index contributed by atoms with van der Waals surface area (Å²) < 4.78 is 42.0. The van der Waals surface area contributed by atoms with Crippen molar-refractivity contribution in [2.75, 3.05) is 5.32 Å². The monoisotopic (exact) mass is 486 g/mol. The molecule has 1 aromatic heterocycles. The van der Waals surface area contributed by atoms with Gasteiger partial charge in [0, 0.05) is 34.8 Å². The molecule has 2 aliphatic rings. The van der Waals surface area contributed by atoms with Gasteiger partial charge in [-0.2, -0.15) is 9.78 Å². The van der Waals surface area contributed by atoms with E-state index in [1.54, 1.807) is 18.2 Å². The van der Waals surface area contributed by atoms with Gasteiger partial charge in [0.2, 0.25) is 0 Å². The van der Waals surface area contributed by atoms with Gasteiger partial charge in [-0.3, -0.25) is 4.79 Å². The molecule has 0 bridgehead atoms. The molecule has 2 aliphatic carbocycles. The Bertz CT molecular complexity index is 1280. The zero-order valence-electron chi connectivity index (χ0n) is 18.3. The third-order valence-electron chi connectivity index (χ3n) is 5.71. The normalized spacial score (nSPS) is 15.5. The molecule has 5 rings (SSSR count). The van der Waals surface area contributed by atoms with E-state index in [0.29, 0.717) is 11.3 Å². The van der Waals surface area contributed by atoms with Crippen LogP contribution in [0.4, 0.5) is 23.7 Å². The summed E-state index contributed by atoms with van der Waals surface area (Å²) in [7, 11) is 0. The molecule has 0 aliphatic heterocycles. The predicted octanol–water partition coefficient (Wildman–Crippen LogP) is 5.00. The molecular formula is C24H21F3N4O4. The number of aromatic hydroxyl groups is 1. The van der Waals surface area contributed by atoms with E-state index in [0.717, 1.165) is 43.5 Å². The van der Waals surface area contributed by atoms with Gasteiger partial charge in [-0.1, -0.05) is 0 Å². The number of phenols is 1. The average molecular weight is 486 g/mol. The van der Waals surface area contributed by atoms with E-state index >= 15 is 0 Å². The second-order valence-corrected chi connectivity index (χ2v) is 8.62. The highest BCUT2D eigenvalue weighted by Gasteiger charge is 2.33. The smallest absolute Gasteiger partial charge is 0.507 e. The van der Waals surface area contributed by atoms with Gasteiger partial charge in [-0.05, 0) is 68.1 Å². The quantitative estimate of drug-likeness (QED) is 0.455. The van der Waals surface area contributed by atoms with Gasteiger partial charge in [-0.25, -0.2) is 4.79 Å². The molecule has 0 radical (unpaired) electrons. The van der Waals surface area contributed by atoms with Crippen molar-refractivity contribution in [3.8, 4) is 22.8 Å². The molecule has 182 valence electrons. The first-order valence-corrected chi connectivity index (χ1v) is 11.1. The number of aromatic nitrogens is 2. The van der Waals surface area contributed by atoms with E-state index in [1.165, 1.54) is 22.9 Å². The second-order valence-electron chi connectivity index (χ2n) is 8.62. The van der Waals surface area contributed by atoms with Crippen molar-refractivity contribution in [3.63, 3.8) is 0 Å². The molecular weight excluding hydrogens is 465 g/mol. The molecule has 1 heterocycles. The van der Waals surface area contributed by atoms with Gasteiger partial charge in [0.1, 0.15) is 11.5 Å². The standard InChI is InChI=1S/C24H21F3N4O4/c25-24(26,27)35-17-8-3-14(4-9-17)22(33)28-16-7-10-18(21(32)11-16)19-12-20(13-1-2-13)31(30-19)23(34)29-15-5-6-15/h3-4,7-13,15,32H,1-2,5-6H2,(H,28,33)(H,29,34). The fourth-order valence-corrected chi connectivity index (χ4v) is 3.66. The van der Waals surface area contributed by atoms with Crippen LogP contribution in [-0.2, 0) is 0 Å². The second kappa shape index (κ2) is 8.64. The minimum atomic E-state index is -4.82. The number of alkyl halides is 3. The van der Waals surface area contributed by atoms with Crippen LogP contribution in [-0.4, -0.2) is 39.2 Å². The molecule has 3 aromatic rings. The molecule has 8 nitrogen and oxygen atoms in total. The SMILES string of the molecule is O=C(Nc1ccc(-c2cc(C3CC3)n(C(=O)NC3CC3)n2)c(O)c1)c1ccc(OC(F)(F)F)cc1. The van der Waals surface area contributed by atoms with Crippen molar-refractivity contribution >= 4 is 17.6 Å². The number of nitrogens with zero attached hydrogens (tertiary/aromatic N) is 2. The van der Waals surface area contributed by atoms with Crippen molar-refractivity contribution in [2.45, 2.75) is 44.0 Å². The third-order valence-corrected chi connectivity index (χ3v) is 5.71. The summed E-state index contributed by atoms with van der Waals surface area (Å²) in [6, 6.07) is 10.7. The number of hydrogen-bond acceptors (Lipinski definition) is 5. The summed E-state index contributed by atoms with van der Waals surface area (Å²) in [4.78, 5) is 25.1. The van der Waals surface area contributed by atoms with E-state index in [2.05, 4.69) is 20.5 Å². The van der Waals surface area contributed by atoms with E-state index in [1.807, 2.05) is 0 Å². The van der Waals surface area contributed by atoms with Crippen LogP contribution >= 0.6 is 0 Å². The summed E-state index contributed by atoms with van der Waals surface area (Å²) in [5, 5.41) is 20.5. The Hall–Kier alpha value is -4.02. The maximum Gasteiger partial charge on any atom is 0.573 e. The fourth-order valence-electron chi connectivity index (χ4n) is 3.66. The Balaban J connectivity index is 1.31. The highest BCUT2D eigenvalue weighted by molar-refractivity contribution is 6.04. The Morgan fingerprint density at radius 1 is 1.03 bits per heavy atom. The van der Waals surface area contributed by atoms with Gasteiger partial charge >= 0.3 is 12.4 Å². The molecule has 0 spiro atoms. The minimum absolute atomic E-state index is 0.109. The number of carbonyl (C=O) groups is 2. The first-order valence-electron chi connectivity index (χ1n) is 11.1. The first-order chi connectivity index (χ1) is 16.7. The van der Waals surface area contributed by atoms with E-state index < -0.39 is 18.0 Å². The van der Waals surface area contributed by atoms with Crippen LogP contribution in [0.5, 0.6) is 11.5 Å². The lowest BCUT2D eigenvalue weighted by atomic mass is 10.1. The number of hydrogen-bond donors (Lipinski definition) is 3. The first kappa shape index (κ1) is 22.8. The van der Waals surface area contributed by atoms with Crippen LogP contribution in [0.25, 0.3) is 11.3 Å². The highest BCUT2D eigenvalue weighted by atomic mass is 19.4. The summed E-state index contributed by atoms with van der Waals surface area (Å²) in [5.74, 6) is -0.902. The molecule has 2 saturated carbocycles. The van der Waals surface area contributed by atoms with Crippen LogP contribution in [0.2, 0.25) is 0 Å². The number of amides is 2. The minimum Gasteiger partial charge on any atom is -0.507 e. The van der Waals surface area contributed by atoms with Crippen LogP contribution in [0, 0.1) is 0 Å². The van der Waals surface area contributed by atoms with E-state index in [4.69, 9.17) is 0 Å². The van der Waals surface area contributed by atoms with Gasteiger partial charge < -0.3 is 20.5 Å². The van der Waals surface area contributed by atoms with Crippen molar-refractivity contribution in [1.82, 2.24) is 15.1 Å². The Morgan fingerprint density at radius 3 is 2.34 bits per heavy atom. The summed E-state index contributed by atoms with van der Waals surface area (Å²) in [6.07, 6.45) is -0.959. The molecule has 0 unspecified atom stereocenters. The molecule has 3 N–H and O–H groups in total. The lowest BCUT2D eigenvalue weighted by Gasteiger charge is -2.10. The number of ether oxygens (including phenoxy) is 1. The summed E-state index contributed by atoms with van der Waals surface area (Å²) in [6.45, 7) is 0. The topological polar surface area (TPSA) is 105 Å². The Kier molecular flexibility index (Phi) is 5.62. The molecule has 35 heavy (non-hydrogen) atoms. The van der Waals surface area contributed by atoms with Crippen LogP contribution in [0.3, 0.4) is 0 Å².